The zero-order valence-electron chi connectivity index (χ0n) is 24.1. The van der Waals surface area contributed by atoms with Crippen LogP contribution >= 0.6 is 0 Å². The second-order valence-corrected chi connectivity index (χ2v) is 11.5. The summed E-state index contributed by atoms with van der Waals surface area (Å²) in [6.07, 6.45) is 0. The normalized spacial score (nSPS) is 22.0. The lowest BCUT2D eigenvalue weighted by Crippen LogP contribution is -2.49. The van der Waals surface area contributed by atoms with Crippen molar-refractivity contribution in [3.63, 3.8) is 0 Å². The summed E-state index contributed by atoms with van der Waals surface area (Å²) in [6, 6.07) is 20.8. The van der Waals surface area contributed by atoms with Crippen LogP contribution in [0.25, 0.3) is 0 Å². The average molecular weight is 581 g/mol. The van der Waals surface area contributed by atoms with E-state index in [9.17, 15) is 24.0 Å². The molecule has 1 saturated heterocycles. The molecule has 1 aliphatic heterocycles. The Morgan fingerprint density at radius 1 is 0.767 bits per heavy atom. The van der Waals surface area contributed by atoms with Gasteiger partial charge >= 0.3 is 11.9 Å². The van der Waals surface area contributed by atoms with Crippen LogP contribution in [0.5, 0.6) is 0 Å². The largest absolute Gasteiger partial charge is 0.462 e. The third-order valence-corrected chi connectivity index (χ3v) is 8.66. The molecule has 3 aromatic carbocycles. The van der Waals surface area contributed by atoms with Gasteiger partial charge in [0.25, 0.3) is 5.91 Å². The number of hydrogen-bond acceptors (Lipinski definition) is 7. The third kappa shape index (κ3) is 4.69. The fraction of sp³-hybridized carbons (Fsp3) is 0.324. The molecule has 3 aliphatic carbocycles. The lowest BCUT2D eigenvalue weighted by Gasteiger charge is -2.45. The zero-order valence-corrected chi connectivity index (χ0v) is 24.1. The Hall–Kier alpha value is -4.79. The molecule has 9 heteroatoms. The molecular formula is C34H32N2O7. The van der Waals surface area contributed by atoms with Crippen LogP contribution in [0.4, 0.5) is 5.69 Å². The van der Waals surface area contributed by atoms with Crippen LogP contribution in [-0.2, 0) is 28.7 Å². The molecule has 3 atom stereocenters. The summed E-state index contributed by atoms with van der Waals surface area (Å²) in [4.78, 5) is 67.2. The molecule has 1 fully saturated rings. The number of esters is 2. The maximum atomic E-state index is 14.1. The maximum Gasteiger partial charge on any atom is 0.338 e. The molecule has 0 unspecified atom stereocenters. The highest BCUT2D eigenvalue weighted by Crippen LogP contribution is 2.61. The van der Waals surface area contributed by atoms with E-state index in [0.717, 1.165) is 27.2 Å². The number of ether oxygens (including phenoxy) is 2. The van der Waals surface area contributed by atoms with Gasteiger partial charge in [0.1, 0.15) is 6.04 Å². The lowest BCUT2D eigenvalue weighted by atomic mass is 9.55. The van der Waals surface area contributed by atoms with Gasteiger partial charge in [-0.05, 0) is 59.4 Å². The minimum absolute atomic E-state index is 0.248. The molecule has 4 aliphatic rings. The first-order valence-electron chi connectivity index (χ1n) is 14.5. The van der Waals surface area contributed by atoms with Crippen molar-refractivity contribution >= 4 is 35.3 Å². The van der Waals surface area contributed by atoms with Crippen LogP contribution in [-0.4, -0.2) is 53.8 Å². The highest BCUT2D eigenvalue weighted by Gasteiger charge is 2.63. The number of nitrogens with one attached hydrogen (secondary N) is 1. The molecule has 9 nitrogen and oxygen atoms in total. The molecule has 1 heterocycles. The van der Waals surface area contributed by atoms with E-state index < -0.39 is 48.2 Å². The number of rotatable bonds is 8. The molecule has 43 heavy (non-hydrogen) atoms. The SMILES string of the molecule is CCOC(=O)c1ccc(NC(=O)COC(=O)[C@@H](C(C)C)N2C(=O)[C@@H]3C4c5ccccc5C(c5ccccc54)[C@@H]3C2=O)cc1. The van der Waals surface area contributed by atoms with Gasteiger partial charge in [0.15, 0.2) is 6.61 Å². The number of anilines is 1. The van der Waals surface area contributed by atoms with Gasteiger partial charge in [0.2, 0.25) is 11.8 Å². The van der Waals surface area contributed by atoms with Crippen LogP contribution in [0, 0.1) is 17.8 Å². The van der Waals surface area contributed by atoms with Gasteiger partial charge in [0, 0.05) is 17.5 Å². The van der Waals surface area contributed by atoms with Crippen molar-refractivity contribution in [3.05, 3.63) is 101 Å². The van der Waals surface area contributed by atoms with E-state index in [1.54, 1.807) is 20.8 Å². The monoisotopic (exact) mass is 580 g/mol. The van der Waals surface area contributed by atoms with Gasteiger partial charge < -0.3 is 14.8 Å². The van der Waals surface area contributed by atoms with Crippen molar-refractivity contribution in [3.8, 4) is 0 Å². The standard InChI is InChI=1S/C34H32N2O7/c1-4-42-33(40)19-13-15-20(16-14-19)35-25(37)17-43-34(41)30(18(2)3)36-31(38)28-26-21-9-5-6-10-22(21)27(29(28)32(36)39)24-12-8-7-11-23(24)26/h5-16,18,26-30H,4,17H2,1-3H3,(H,35,37)/t26?,27?,28-,29+,30-/m1/s1. The molecule has 0 spiro atoms. The molecule has 3 aromatic rings. The predicted octanol–water partition coefficient (Wildman–Crippen LogP) is 4.26. The van der Waals surface area contributed by atoms with Crippen LogP contribution < -0.4 is 5.32 Å². The van der Waals surface area contributed by atoms with Gasteiger partial charge in [-0.15, -0.1) is 0 Å². The molecule has 7 rings (SSSR count). The number of likely N-dealkylation sites (tertiary alicyclic amines) is 1. The summed E-state index contributed by atoms with van der Waals surface area (Å²) < 4.78 is 10.3. The molecule has 0 aromatic heterocycles. The molecule has 2 bridgehead atoms. The van der Waals surface area contributed by atoms with E-state index in [1.165, 1.54) is 24.3 Å². The van der Waals surface area contributed by atoms with Gasteiger partial charge in [-0.3, -0.25) is 19.3 Å². The molecule has 1 N–H and O–H groups in total. The minimum Gasteiger partial charge on any atom is -0.462 e. The van der Waals surface area contributed by atoms with Gasteiger partial charge in [-0.25, -0.2) is 9.59 Å². The van der Waals surface area contributed by atoms with Crippen LogP contribution in [0.15, 0.2) is 72.8 Å². The minimum atomic E-state index is -1.17. The third-order valence-electron chi connectivity index (χ3n) is 8.66. The Labute approximate surface area is 249 Å². The van der Waals surface area contributed by atoms with Crippen molar-refractivity contribution in [1.82, 2.24) is 4.90 Å². The van der Waals surface area contributed by atoms with E-state index in [2.05, 4.69) is 5.32 Å². The Kier molecular flexibility index (Phi) is 7.33. The van der Waals surface area contributed by atoms with Crippen LogP contribution in [0.1, 0.15) is 65.2 Å². The van der Waals surface area contributed by atoms with E-state index in [0.29, 0.717) is 11.3 Å². The topological polar surface area (TPSA) is 119 Å². The van der Waals surface area contributed by atoms with Crippen molar-refractivity contribution in [2.75, 3.05) is 18.5 Å². The fourth-order valence-electron chi connectivity index (χ4n) is 6.97. The number of nitrogens with zero attached hydrogens (tertiary/aromatic N) is 1. The first-order chi connectivity index (χ1) is 20.7. The highest BCUT2D eigenvalue weighted by molar-refractivity contribution is 6.10. The van der Waals surface area contributed by atoms with Gasteiger partial charge in [-0.2, -0.15) is 0 Å². The summed E-state index contributed by atoms with van der Waals surface area (Å²) in [7, 11) is 0. The molecule has 220 valence electrons. The predicted molar refractivity (Wildman–Crippen MR) is 156 cm³/mol. The second-order valence-electron chi connectivity index (χ2n) is 11.5. The summed E-state index contributed by atoms with van der Waals surface area (Å²) in [6.45, 7) is 4.85. The molecule has 0 saturated carbocycles. The van der Waals surface area contributed by atoms with Crippen molar-refractivity contribution in [2.24, 2.45) is 17.8 Å². The summed E-state index contributed by atoms with van der Waals surface area (Å²) in [5.74, 6) is -4.88. The smallest absolute Gasteiger partial charge is 0.338 e. The van der Waals surface area contributed by atoms with Crippen molar-refractivity contribution < 1.29 is 33.4 Å². The summed E-state index contributed by atoms with van der Waals surface area (Å²) >= 11 is 0. The number of imide groups is 1. The van der Waals surface area contributed by atoms with Crippen molar-refractivity contribution in [2.45, 2.75) is 38.6 Å². The quantitative estimate of drug-likeness (QED) is 0.312. The van der Waals surface area contributed by atoms with E-state index in [-0.39, 0.29) is 30.3 Å². The van der Waals surface area contributed by atoms with Crippen LogP contribution in [0.3, 0.4) is 0 Å². The van der Waals surface area contributed by atoms with Crippen LogP contribution in [0.2, 0.25) is 0 Å². The zero-order chi connectivity index (χ0) is 30.4. The number of benzene rings is 3. The average Bonchev–Trinajstić information content (AvgIpc) is 3.26. The Balaban J connectivity index is 1.19. The number of hydrogen-bond donors (Lipinski definition) is 1. The second kappa shape index (κ2) is 11.1. The van der Waals surface area contributed by atoms with Gasteiger partial charge in [0.05, 0.1) is 24.0 Å². The Bertz CT molecular complexity index is 1510. The first-order valence-corrected chi connectivity index (χ1v) is 14.5. The highest BCUT2D eigenvalue weighted by atomic mass is 16.5. The van der Waals surface area contributed by atoms with E-state index >= 15 is 0 Å². The van der Waals surface area contributed by atoms with E-state index in [1.807, 2.05) is 48.5 Å². The fourth-order valence-corrected chi connectivity index (χ4v) is 6.97. The number of carbonyl (C=O) groups is 5. The maximum absolute atomic E-state index is 14.1. The Morgan fingerprint density at radius 3 is 1.70 bits per heavy atom. The molecular weight excluding hydrogens is 548 g/mol. The number of amides is 3. The summed E-state index contributed by atoms with van der Waals surface area (Å²) in [5, 5.41) is 2.62. The summed E-state index contributed by atoms with van der Waals surface area (Å²) in [5.41, 5.74) is 4.93. The lowest BCUT2D eigenvalue weighted by molar-refractivity contribution is -0.162. The molecule has 0 radical (unpaired) electrons. The Morgan fingerprint density at radius 2 is 1.26 bits per heavy atom. The first kappa shape index (κ1) is 28.3. The van der Waals surface area contributed by atoms with Crippen molar-refractivity contribution in [1.29, 1.82) is 0 Å². The number of carbonyl (C=O) groups excluding carboxylic acids is 5. The molecule has 3 amide bonds. The van der Waals surface area contributed by atoms with Gasteiger partial charge in [-0.1, -0.05) is 62.4 Å². The van der Waals surface area contributed by atoms with E-state index in [4.69, 9.17) is 9.47 Å².